The normalized spacial score (nSPS) is 19.1. The van der Waals surface area contributed by atoms with Gasteiger partial charge in [0.25, 0.3) is 0 Å². The maximum atomic E-state index is 13.7. The van der Waals surface area contributed by atoms with Crippen molar-refractivity contribution in [3.63, 3.8) is 0 Å². The molecule has 0 aliphatic heterocycles. The summed E-state index contributed by atoms with van der Waals surface area (Å²) in [6.07, 6.45) is 2.21. The monoisotopic (exact) mass is 417 g/mol. The predicted molar refractivity (Wildman–Crippen MR) is 115 cm³/mol. The molecule has 1 aliphatic carbocycles. The highest BCUT2D eigenvalue weighted by Gasteiger charge is 2.39. The molecule has 0 saturated heterocycles. The first-order chi connectivity index (χ1) is 13.8. The standard InChI is InChI=1S/C22H28FN3O2S/c1-4-24-22(26-21-12-20(21)19-8-6-5-7-15(19)2)25-13-17-11-18(23)10-9-16(17)14-29(3,27)28/h5-11,20-21H,4,12-14H2,1-3H3,(H2,24,25,26). The average molecular weight is 418 g/mol. The number of nitrogens with one attached hydrogen (secondary N) is 2. The van der Waals surface area contributed by atoms with Gasteiger partial charge in [0.15, 0.2) is 15.8 Å². The van der Waals surface area contributed by atoms with Crippen molar-refractivity contribution in [3.05, 3.63) is 70.5 Å². The molecule has 0 radical (unpaired) electrons. The number of sulfone groups is 1. The van der Waals surface area contributed by atoms with E-state index in [0.29, 0.717) is 35.6 Å². The maximum absolute atomic E-state index is 13.7. The molecule has 0 bridgehead atoms. The first-order valence-corrected chi connectivity index (χ1v) is 11.9. The Morgan fingerprint density at radius 2 is 1.97 bits per heavy atom. The molecule has 2 unspecified atom stereocenters. The molecule has 0 spiro atoms. The summed E-state index contributed by atoms with van der Waals surface area (Å²) in [5.41, 5.74) is 3.80. The lowest BCUT2D eigenvalue weighted by Crippen LogP contribution is -2.39. The number of aryl methyl sites for hydroxylation is 1. The van der Waals surface area contributed by atoms with Crippen molar-refractivity contribution >= 4 is 15.8 Å². The van der Waals surface area contributed by atoms with E-state index in [4.69, 9.17) is 0 Å². The summed E-state index contributed by atoms with van der Waals surface area (Å²) in [6.45, 7) is 5.02. The largest absolute Gasteiger partial charge is 0.357 e. The third kappa shape index (κ3) is 6.03. The van der Waals surface area contributed by atoms with Crippen LogP contribution in [0.15, 0.2) is 47.5 Å². The van der Waals surface area contributed by atoms with Crippen molar-refractivity contribution in [3.8, 4) is 0 Å². The second kappa shape index (κ2) is 8.95. The van der Waals surface area contributed by atoms with E-state index in [9.17, 15) is 12.8 Å². The third-order valence-corrected chi connectivity index (χ3v) is 5.87. The number of aliphatic imine (C=N–C) groups is 1. The summed E-state index contributed by atoms with van der Waals surface area (Å²) >= 11 is 0. The fourth-order valence-corrected chi connectivity index (χ4v) is 4.37. The van der Waals surface area contributed by atoms with Crippen molar-refractivity contribution in [1.29, 1.82) is 0 Å². The van der Waals surface area contributed by atoms with Gasteiger partial charge < -0.3 is 10.6 Å². The summed E-state index contributed by atoms with van der Waals surface area (Å²) in [7, 11) is -3.21. The van der Waals surface area contributed by atoms with Gasteiger partial charge in [0.1, 0.15) is 5.82 Å². The van der Waals surface area contributed by atoms with Gasteiger partial charge in [-0.25, -0.2) is 17.8 Å². The highest BCUT2D eigenvalue weighted by atomic mass is 32.2. The van der Waals surface area contributed by atoms with Gasteiger partial charge in [-0.3, -0.25) is 0 Å². The van der Waals surface area contributed by atoms with Crippen LogP contribution >= 0.6 is 0 Å². The lowest BCUT2D eigenvalue weighted by molar-refractivity contribution is 0.600. The number of guanidine groups is 1. The topological polar surface area (TPSA) is 70.6 Å². The second-order valence-corrected chi connectivity index (χ2v) is 9.77. The van der Waals surface area contributed by atoms with E-state index in [-0.39, 0.29) is 12.3 Å². The molecule has 0 heterocycles. The van der Waals surface area contributed by atoms with Crippen LogP contribution in [0.5, 0.6) is 0 Å². The Balaban J connectivity index is 1.72. The molecule has 5 nitrogen and oxygen atoms in total. The molecule has 1 aliphatic rings. The summed E-state index contributed by atoms with van der Waals surface area (Å²) in [5, 5.41) is 6.67. The van der Waals surface area contributed by atoms with Crippen LogP contribution in [0.4, 0.5) is 4.39 Å². The number of rotatable bonds is 7. The molecular formula is C22H28FN3O2S. The zero-order valence-corrected chi connectivity index (χ0v) is 17.9. The van der Waals surface area contributed by atoms with E-state index in [2.05, 4.69) is 40.7 Å². The minimum atomic E-state index is -3.21. The van der Waals surface area contributed by atoms with E-state index >= 15 is 0 Å². The summed E-state index contributed by atoms with van der Waals surface area (Å²) < 4.78 is 37.1. The predicted octanol–water partition coefficient (Wildman–Crippen LogP) is 3.29. The summed E-state index contributed by atoms with van der Waals surface area (Å²) in [5.74, 6) is 0.588. The van der Waals surface area contributed by atoms with Gasteiger partial charge in [-0.15, -0.1) is 0 Å². The summed E-state index contributed by atoms with van der Waals surface area (Å²) in [6, 6.07) is 12.9. The average Bonchev–Trinajstić information content (AvgIpc) is 3.40. The first-order valence-electron chi connectivity index (χ1n) is 9.82. The molecule has 0 aromatic heterocycles. The Hall–Kier alpha value is -2.41. The van der Waals surface area contributed by atoms with E-state index < -0.39 is 15.7 Å². The Kier molecular flexibility index (Phi) is 6.57. The van der Waals surface area contributed by atoms with Crippen LogP contribution in [0.1, 0.15) is 41.5 Å². The van der Waals surface area contributed by atoms with Crippen LogP contribution in [-0.4, -0.2) is 33.2 Å². The highest BCUT2D eigenvalue weighted by molar-refractivity contribution is 7.89. The van der Waals surface area contributed by atoms with E-state index in [0.717, 1.165) is 6.42 Å². The quantitative estimate of drug-likeness (QED) is 0.536. The molecule has 7 heteroatoms. The van der Waals surface area contributed by atoms with Gasteiger partial charge in [0.2, 0.25) is 0 Å². The van der Waals surface area contributed by atoms with E-state index in [1.165, 1.54) is 35.6 Å². The zero-order valence-electron chi connectivity index (χ0n) is 17.1. The van der Waals surface area contributed by atoms with Crippen molar-refractivity contribution in [2.75, 3.05) is 12.8 Å². The molecule has 2 N–H and O–H groups in total. The zero-order chi connectivity index (χ0) is 21.0. The molecule has 2 aromatic carbocycles. The molecule has 2 aromatic rings. The number of benzene rings is 2. The fraction of sp³-hybridized carbons (Fsp3) is 0.409. The molecule has 0 amide bonds. The van der Waals surface area contributed by atoms with Crippen molar-refractivity contribution in [1.82, 2.24) is 10.6 Å². The van der Waals surface area contributed by atoms with Crippen LogP contribution in [0.3, 0.4) is 0 Å². The van der Waals surface area contributed by atoms with Crippen LogP contribution in [0, 0.1) is 12.7 Å². The maximum Gasteiger partial charge on any atom is 0.191 e. The van der Waals surface area contributed by atoms with Crippen molar-refractivity contribution in [2.24, 2.45) is 4.99 Å². The van der Waals surface area contributed by atoms with E-state index in [1.54, 1.807) is 0 Å². The van der Waals surface area contributed by atoms with Gasteiger partial charge in [-0.1, -0.05) is 30.3 Å². The van der Waals surface area contributed by atoms with Gasteiger partial charge in [0.05, 0.1) is 12.3 Å². The number of nitrogens with zero attached hydrogens (tertiary/aromatic N) is 1. The highest BCUT2D eigenvalue weighted by Crippen LogP contribution is 2.42. The van der Waals surface area contributed by atoms with Gasteiger partial charge >= 0.3 is 0 Å². The second-order valence-electron chi connectivity index (χ2n) is 7.63. The van der Waals surface area contributed by atoms with Gasteiger partial charge in [-0.2, -0.15) is 0 Å². The van der Waals surface area contributed by atoms with Gasteiger partial charge in [0, 0.05) is 24.8 Å². The Bertz CT molecular complexity index is 1000. The molecule has 1 fully saturated rings. The Labute approximate surface area is 172 Å². The first kappa shape index (κ1) is 21.3. The SMILES string of the molecule is CCNC(=NCc1cc(F)ccc1CS(C)(=O)=O)NC1CC1c1ccccc1C. The van der Waals surface area contributed by atoms with Crippen LogP contribution < -0.4 is 10.6 Å². The van der Waals surface area contributed by atoms with Crippen LogP contribution in [0.25, 0.3) is 0 Å². The lowest BCUT2D eigenvalue weighted by Gasteiger charge is -2.13. The van der Waals surface area contributed by atoms with Crippen LogP contribution in [-0.2, 0) is 22.1 Å². The Morgan fingerprint density at radius 1 is 1.21 bits per heavy atom. The summed E-state index contributed by atoms with van der Waals surface area (Å²) in [4.78, 5) is 4.58. The van der Waals surface area contributed by atoms with Crippen LogP contribution in [0.2, 0.25) is 0 Å². The van der Waals surface area contributed by atoms with Crippen molar-refractivity contribution < 1.29 is 12.8 Å². The third-order valence-electron chi connectivity index (χ3n) is 5.04. The lowest BCUT2D eigenvalue weighted by atomic mass is 10.0. The molecule has 1 saturated carbocycles. The Morgan fingerprint density at radius 3 is 2.66 bits per heavy atom. The fourth-order valence-electron chi connectivity index (χ4n) is 3.53. The smallest absolute Gasteiger partial charge is 0.191 e. The number of hydrogen-bond donors (Lipinski definition) is 2. The minimum absolute atomic E-state index is 0.125. The van der Waals surface area contributed by atoms with Gasteiger partial charge in [-0.05, 0) is 54.7 Å². The number of halogens is 1. The molecule has 3 rings (SSSR count). The van der Waals surface area contributed by atoms with Crippen molar-refractivity contribution in [2.45, 2.75) is 44.5 Å². The molecular weight excluding hydrogens is 389 g/mol. The minimum Gasteiger partial charge on any atom is -0.357 e. The molecule has 2 atom stereocenters. The van der Waals surface area contributed by atoms with E-state index in [1.807, 2.05) is 13.0 Å². The molecule has 29 heavy (non-hydrogen) atoms. The molecule has 156 valence electrons. The number of hydrogen-bond acceptors (Lipinski definition) is 3.